The van der Waals surface area contributed by atoms with Gasteiger partial charge in [0.1, 0.15) is 0 Å². The summed E-state index contributed by atoms with van der Waals surface area (Å²) >= 11 is 0. The molecule has 98 valence electrons. The molecule has 4 nitrogen and oxygen atoms in total. The van der Waals surface area contributed by atoms with E-state index in [4.69, 9.17) is 5.11 Å². The molecule has 17 heavy (non-hydrogen) atoms. The zero-order chi connectivity index (χ0) is 12.9. The van der Waals surface area contributed by atoms with Crippen molar-refractivity contribution in [3.8, 4) is 0 Å². The topological polar surface area (TPSA) is 66.4 Å². The predicted molar refractivity (Wildman–Crippen MR) is 65.7 cm³/mol. The van der Waals surface area contributed by atoms with E-state index in [0.29, 0.717) is 0 Å². The maximum absolute atomic E-state index is 12.2. The molecule has 0 aromatic heterocycles. The molecule has 1 atom stereocenters. The highest BCUT2D eigenvalue weighted by Crippen LogP contribution is 2.39. The maximum atomic E-state index is 12.2. The van der Waals surface area contributed by atoms with Crippen LogP contribution in [0.3, 0.4) is 0 Å². The molecule has 0 spiro atoms. The van der Waals surface area contributed by atoms with E-state index in [1.54, 1.807) is 6.92 Å². The van der Waals surface area contributed by atoms with E-state index in [1.165, 1.54) is 6.42 Å². The minimum atomic E-state index is -0.869. The van der Waals surface area contributed by atoms with Crippen LogP contribution in [-0.2, 0) is 9.59 Å². The highest BCUT2D eigenvalue weighted by Gasteiger charge is 2.38. The number of hydrogen-bond donors (Lipinski definition) is 2. The molecule has 4 heteroatoms. The van der Waals surface area contributed by atoms with Gasteiger partial charge in [-0.1, -0.05) is 26.2 Å². The van der Waals surface area contributed by atoms with Crippen LogP contribution in [0.15, 0.2) is 0 Å². The molecule has 1 rings (SSSR count). The van der Waals surface area contributed by atoms with E-state index in [9.17, 15) is 9.59 Å². The molecule has 1 aliphatic rings. The Morgan fingerprint density at radius 3 is 2.35 bits per heavy atom. The Bertz CT molecular complexity index is 282. The average molecular weight is 241 g/mol. The Morgan fingerprint density at radius 1 is 1.29 bits per heavy atom. The van der Waals surface area contributed by atoms with E-state index in [0.717, 1.165) is 32.1 Å². The van der Waals surface area contributed by atoms with Crippen LogP contribution in [0.2, 0.25) is 0 Å². The molecular weight excluding hydrogens is 218 g/mol. The van der Waals surface area contributed by atoms with Crippen molar-refractivity contribution in [2.24, 2.45) is 5.41 Å². The van der Waals surface area contributed by atoms with Crippen molar-refractivity contribution in [2.45, 2.75) is 64.8 Å². The van der Waals surface area contributed by atoms with Crippen molar-refractivity contribution in [1.29, 1.82) is 0 Å². The van der Waals surface area contributed by atoms with E-state index in [1.807, 2.05) is 6.92 Å². The van der Waals surface area contributed by atoms with Crippen molar-refractivity contribution in [3.05, 3.63) is 0 Å². The lowest BCUT2D eigenvalue weighted by molar-refractivity contribution is -0.138. The largest absolute Gasteiger partial charge is 0.481 e. The van der Waals surface area contributed by atoms with Crippen LogP contribution in [0.5, 0.6) is 0 Å². The Hall–Kier alpha value is -1.06. The summed E-state index contributed by atoms with van der Waals surface area (Å²) in [4.78, 5) is 22.8. The third-order valence-electron chi connectivity index (χ3n) is 3.83. The molecule has 0 aromatic rings. The average Bonchev–Trinajstić information content (AvgIpc) is 2.28. The molecule has 1 amide bonds. The van der Waals surface area contributed by atoms with Crippen LogP contribution in [-0.4, -0.2) is 23.0 Å². The summed E-state index contributed by atoms with van der Waals surface area (Å²) in [5, 5.41) is 11.5. The molecule has 0 heterocycles. The first-order chi connectivity index (χ1) is 8.00. The van der Waals surface area contributed by atoms with Crippen LogP contribution in [0.1, 0.15) is 58.8 Å². The molecule has 1 fully saturated rings. The smallest absolute Gasteiger partial charge is 0.305 e. The van der Waals surface area contributed by atoms with Gasteiger partial charge in [0, 0.05) is 11.5 Å². The minimum Gasteiger partial charge on any atom is -0.481 e. The Labute approximate surface area is 103 Å². The predicted octanol–water partition coefficient (Wildman–Crippen LogP) is 2.33. The molecular formula is C13H23NO3. The lowest BCUT2D eigenvalue weighted by Crippen LogP contribution is -2.46. The molecule has 0 aromatic carbocycles. The third kappa shape index (κ3) is 3.72. The number of aliphatic carboxylic acids is 1. The van der Waals surface area contributed by atoms with Crippen molar-refractivity contribution in [3.63, 3.8) is 0 Å². The fraction of sp³-hybridized carbons (Fsp3) is 0.846. The molecule has 1 saturated carbocycles. The second-order valence-corrected chi connectivity index (χ2v) is 5.17. The second-order valence-electron chi connectivity index (χ2n) is 5.17. The summed E-state index contributed by atoms with van der Waals surface area (Å²) in [6.07, 6.45) is 6.14. The van der Waals surface area contributed by atoms with Gasteiger partial charge < -0.3 is 10.4 Å². The molecule has 1 unspecified atom stereocenters. The SMILES string of the molecule is CCC1(C(=O)NC(C)CC(=O)O)CCCCC1. The summed E-state index contributed by atoms with van der Waals surface area (Å²) in [5.41, 5.74) is -0.245. The van der Waals surface area contributed by atoms with Gasteiger partial charge in [-0.25, -0.2) is 0 Å². The lowest BCUT2D eigenvalue weighted by atomic mass is 9.71. The molecule has 2 N–H and O–H groups in total. The zero-order valence-electron chi connectivity index (χ0n) is 10.8. The quantitative estimate of drug-likeness (QED) is 0.776. The monoisotopic (exact) mass is 241 g/mol. The third-order valence-corrected chi connectivity index (χ3v) is 3.83. The van der Waals surface area contributed by atoms with E-state index in [2.05, 4.69) is 5.32 Å². The van der Waals surface area contributed by atoms with Crippen LogP contribution in [0.25, 0.3) is 0 Å². The van der Waals surface area contributed by atoms with Gasteiger partial charge in [-0.2, -0.15) is 0 Å². The number of nitrogens with one attached hydrogen (secondary N) is 1. The molecule has 0 saturated heterocycles. The van der Waals surface area contributed by atoms with Gasteiger partial charge in [-0.3, -0.25) is 9.59 Å². The Balaban J connectivity index is 2.57. The Morgan fingerprint density at radius 2 is 1.88 bits per heavy atom. The van der Waals surface area contributed by atoms with Gasteiger partial charge in [0.2, 0.25) is 5.91 Å². The van der Waals surface area contributed by atoms with Crippen molar-refractivity contribution >= 4 is 11.9 Å². The highest BCUT2D eigenvalue weighted by atomic mass is 16.4. The summed E-state index contributed by atoms with van der Waals surface area (Å²) in [6.45, 7) is 3.80. The van der Waals surface area contributed by atoms with Crippen molar-refractivity contribution in [2.75, 3.05) is 0 Å². The normalized spacial score (nSPS) is 20.6. The summed E-state index contributed by atoms with van der Waals surface area (Å²) < 4.78 is 0. The number of carbonyl (C=O) groups excluding carboxylic acids is 1. The number of hydrogen-bond acceptors (Lipinski definition) is 2. The summed E-state index contributed by atoms with van der Waals surface area (Å²) in [7, 11) is 0. The van der Waals surface area contributed by atoms with Crippen LogP contribution >= 0.6 is 0 Å². The number of carboxylic acid groups (broad SMARTS) is 1. The molecule has 0 radical (unpaired) electrons. The summed E-state index contributed by atoms with van der Waals surface area (Å²) in [6, 6.07) is -0.287. The highest BCUT2D eigenvalue weighted by molar-refractivity contribution is 5.83. The van der Waals surface area contributed by atoms with Gasteiger partial charge in [0.25, 0.3) is 0 Å². The lowest BCUT2D eigenvalue weighted by Gasteiger charge is -2.35. The van der Waals surface area contributed by atoms with Crippen molar-refractivity contribution in [1.82, 2.24) is 5.32 Å². The number of amides is 1. The minimum absolute atomic E-state index is 0.00840. The number of carbonyl (C=O) groups is 2. The fourth-order valence-corrected chi connectivity index (χ4v) is 2.66. The first-order valence-corrected chi connectivity index (χ1v) is 6.53. The Kier molecular flexibility index (Phi) is 4.97. The first-order valence-electron chi connectivity index (χ1n) is 6.53. The number of rotatable bonds is 5. The van der Waals surface area contributed by atoms with Gasteiger partial charge >= 0.3 is 5.97 Å². The van der Waals surface area contributed by atoms with Gasteiger partial charge in [-0.15, -0.1) is 0 Å². The standard InChI is InChI=1S/C13H23NO3/c1-3-13(7-5-4-6-8-13)12(17)14-10(2)9-11(15)16/h10H,3-9H2,1-2H3,(H,14,17)(H,15,16). The van der Waals surface area contributed by atoms with E-state index >= 15 is 0 Å². The molecule has 1 aliphatic carbocycles. The van der Waals surface area contributed by atoms with Crippen LogP contribution in [0, 0.1) is 5.41 Å². The first kappa shape index (κ1) is 14.0. The van der Waals surface area contributed by atoms with Gasteiger partial charge in [0.05, 0.1) is 6.42 Å². The van der Waals surface area contributed by atoms with Crippen LogP contribution in [0.4, 0.5) is 0 Å². The van der Waals surface area contributed by atoms with Crippen LogP contribution < -0.4 is 5.32 Å². The second kappa shape index (κ2) is 6.03. The molecule has 0 aliphatic heterocycles. The summed E-state index contributed by atoms with van der Waals surface area (Å²) in [5.74, 6) is -0.819. The zero-order valence-corrected chi connectivity index (χ0v) is 10.8. The van der Waals surface area contributed by atoms with Crippen molar-refractivity contribution < 1.29 is 14.7 Å². The van der Waals surface area contributed by atoms with E-state index in [-0.39, 0.29) is 23.8 Å². The fourth-order valence-electron chi connectivity index (χ4n) is 2.66. The van der Waals surface area contributed by atoms with E-state index < -0.39 is 5.97 Å². The van der Waals surface area contributed by atoms with Gasteiger partial charge in [0.15, 0.2) is 0 Å². The number of carboxylic acids is 1. The molecule has 0 bridgehead atoms. The maximum Gasteiger partial charge on any atom is 0.305 e. The van der Waals surface area contributed by atoms with Gasteiger partial charge in [-0.05, 0) is 26.2 Å².